The lowest BCUT2D eigenvalue weighted by molar-refractivity contribution is -0.137. The molecular weight excluding hydrogens is 252 g/mol. The maximum Gasteiger partial charge on any atom is 0.318 e. The number of nitrogens with one attached hydrogen (secondary N) is 2. The summed E-state index contributed by atoms with van der Waals surface area (Å²) >= 11 is 0. The first-order chi connectivity index (χ1) is 9.08. The van der Waals surface area contributed by atoms with Crippen molar-refractivity contribution in [2.45, 2.75) is 38.3 Å². The van der Waals surface area contributed by atoms with E-state index in [1.165, 1.54) is 0 Å². The molecule has 1 aliphatic heterocycles. The van der Waals surface area contributed by atoms with Crippen LogP contribution in [-0.4, -0.2) is 55.2 Å². The monoisotopic (exact) mass is 268 g/mol. The molecule has 19 heavy (non-hydrogen) atoms. The summed E-state index contributed by atoms with van der Waals surface area (Å²) in [4.78, 5) is 24.4. The smallest absolute Gasteiger partial charge is 0.318 e. The van der Waals surface area contributed by atoms with Crippen LogP contribution >= 0.6 is 0 Å². The fourth-order valence-electron chi connectivity index (χ4n) is 2.20. The van der Waals surface area contributed by atoms with E-state index >= 15 is 0 Å². The van der Waals surface area contributed by atoms with Gasteiger partial charge in [0.25, 0.3) is 0 Å². The number of nitrogens with zero attached hydrogens (tertiary/aromatic N) is 4. The number of carbonyl (C=O) groups is 2. The third-order valence-electron chi connectivity index (χ3n) is 3.14. The topological polar surface area (TPSA) is 124 Å². The molecule has 0 aromatic carbocycles. The molecule has 1 aliphatic rings. The Balaban J connectivity index is 1.93. The average Bonchev–Trinajstić information content (AvgIpc) is 2.97. The Hall–Kier alpha value is -2.19. The molecule has 2 atom stereocenters. The van der Waals surface area contributed by atoms with Gasteiger partial charge >= 0.3 is 12.0 Å². The first kappa shape index (κ1) is 13.2. The van der Waals surface area contributed by atoms with Crippen molar-refractivity contribution in [3.05, 3.63) is 5.82 Å². The summed E-state index contributed by atoms with van der Waals surface area (Å²) in [5, 5.41) is 24.9. The number of urea groups is 1. The largest absolute Gasteiger partial charge is 0.481 e. The Kier molecular flexibility index (Phi) is 3.93. The van der Waals surface area contributed by atoms with Crippen LogP contribution in [0.25, 0.3) is 0 Å². The van der Waals surface area contributed by atoms with Gasteiger partial charge in [0.05, 0.1) is 12.5 Å². The van der Waals surface area contributed by atoms with E-state index in [0.29, 0.717) is 12.4 Å². The molecule has 0 radical (unpaired) electrons. The van der Waals surface area contributed by atoms with Crippen LogP contribution in [-0.2, 0) is 4.79 Å². The number of aromatic amines is 1. The standard InChI is InChI=1S/C10H16N6O3/c1-6(9-12-14-15-13-9)11-10(19)16-4-2-3-7(16)5-8(17)18/h6-7H,2-5H2,1H3,(H,11,19)(H,17,18)(H,12,13,14,15). The number of rotatable bonds is 4. The number of likely N-dealkylation sites (tertiary alicyclic amines) is 1. The van der Waals surface area contributed by atoms with Crippen molar-refractivity contribution in [1.29, 1.82) is 0 Å². The molecule has 2 rings (SSSR count). The third kappa shape index (κ3) is 3.18. The summed E-state index contributed by atoms with van der Waals surface area (Å²) in [6.45, 7) is 2.31. The first-order valence-corrected chi connectivity index (χ1v) is 6.10. The highest BCUT2D eigenvalue weighted by molar-refractivity contribution is 5.76. The van der Waals surface area contributed by atoms with Gasteiger partial charge in [-0.3, -0.25) is 4.79 Å². The van der Waals surface area contributed by atoms with Gasteiger partial charge in [0, 0.05) is 12.6 Å². The zero-order valence-corrected chi connectivity index (χ0v) is 10.5. The number of tetrazole rings is 1. The Morgan fingerprint density at radius 2 is 2.42 bits per heavy atom. The van der Waals surface area contributed by atoms with Gasteiger partial charge in [-0.1, -0.05) is 5.21 Å². The van der Waals surface area contributed by atoms with E-state index in [2.05, 4.69) is 25.9 Å². The van der Waals surface area contributed by atoms with Crippen LogP contribution in [0.1, 0.15) is 38.1 Å². The molecule has 1 aromatic heterocycles. The minimum atomic E-state index is -0.893. The summed E-state index contributed by atoms with van der Waals surface area (Å²) in [7, 11) is 0. The second-order valence-electron chi connectivity index (χ2n) is 4.53. The summed E-state index contributed by atoms with van der Waals surface area (Å²) in [5.41, 5.74) is 0. The van der Waals surface area contributed by atoms with Gasteiger partial charge in [0.1, 0.15) is 0 Å². The number of carboxylic acid groups (broad SMARTS) is 1. The highest BCUT2D eigenvalue weighted by Crippen LogP contribution is 2.20. The second-order valence-corrected chi connectivity index (χ2v) is 4.53. The minimum absolute atomic E-state index is 0.0238. The van der Waals surface area contributed by atoms with Crippen LogP contribution in [0.3, 0.4) is 0 Å². The van der Waals surface area contributed by atoms with Gasteiger partial charge in [0.15, 0.2) is 5.82 Å². The van der Waals surface area contributed by atoms with Crippen molar-refractivity contribution < 1.29 is 14.7 Å². The van der Waals surface area contributed by atoms with E-state index in [4.69, 9.17) is 5.11 Å². The number of carbonyl (C=O) groups excluding carboxylic acids is 1. The number of aromatic nitrogens is 4. The predicted octanol–water partition coefficient (Wildman–Crippen LogP) is -0.0906. The van der Waals surface area contributed by atoms with Crippen LogP contribution in [0.2, 0.25) is 0 Å². The number of hydrogen-bond acceptors (Lipinski definition) is 5. The second kappa shape index (κ2) is 5.63. The maximum atomic E-state index is 12.1. The van der Waals surface area contributed by atoms with Gasteiger partial charge < -0.3 is 15.3 Å². The van der Waals surface area contributed by atoms with Crippen molar-refractivity contribution in [1.82, 2.24) is 30.8 Å². The lowest BCUT2D eigenvalue weighted by atomic mass is 10.1. The van der Waals surface area contributed by atoms with Gasteiger partial charge in [-0.25, -0.2) is 4.79 Å². The predicted molar refractivity (Wildman–Crippen MR) is 63.1 cm³/mol. The number of H-pyrrole nitrogens is 1. The van der Waals surface area contributed by atoms with Gasteiger partial charge in [-0.2, -0.15) is 5.21 Å². The highest BCUT2D eigenvalue weighted by Gasteiger charge is 2.31. The molecule has 2 heterocycles. The Morgan fingerprint density at radius 3 is 3.05 bits per heavy atom. The third-order valence-corrected chi connectivity index (χ3v) is 3.14. The SMILES string of the molecule is CC(NC(=O)N1CCCC1CC(=O)O)c1nn[nH]n1. The molecule has 1 aromatic rings. The van der Waals surface area contributed by atoms with E-state index in [1.54, 1.807) is 11.8 Å². The molecule has 2 amide bonds. The average molecular weight is 268 g/mol. The Bertz CT molecular complexity index is 448. The summed E-state index contributed by atoms with van der Waals surface area (Å²) in [5.74, 6) is -0.502. The molecule has 9 heteroatoms. The molecule has 0 aliphatic carbocycles. The summed E-state index contributed by atoms with van der Waals surface area (Å²) < 4.78 is 0. The Morgan fingerprint density at radius 1 is 1.63 bits per heavy atom. The van der Waals surface area contributed by atoms with Crippen molar-refractivity contribution in [2.24, 2.45) is 0 Å². The molecule has 1 fully saturated rings. The highest BCUT2D eigenvalue weighted by atomic mass is 16.4. The van der Waals surface area contributed by atoms with Gasteiger partial charge in [-0.15, -0.1) is 10.2 Å². The normalized spacial score (nSPS) is 20.3. The summed E-state index contributed by atoms with van der Waals surface area (Å²) in [6.07, 6.45) is 1.52. The molecule has 9 nitrogen and oxygen atoms in total. The molecule has 2 unspecified atom stereocenters. The van der Waals surface area contributed by atoms with E-state index < -0.39 is 5.97 Å². The van der Waals surface area contributed by atoms with Crippen molar-refractivity contribution in [3.63, 3.8) is 0 Å². The zero-order chi connectivity index (χ0) is 13.8. The van der Waals surface area contributed by atoms with E-state index in [1.807, 2.05) is 0 Å². The fraction of sp³-hybridized carbons (Fsp3) is 0.700. The van der Waals surface area contributed by atoms with Crippen LogP contribution in [0, 0.1) is 0 Å². The van der Waals surface area contributed by atoms with E-state index in [9.17, 15) is 9.59 Å². The van der Waals surface area contributed by atoms with Crippen LogP contribution < -0.4 is 5.32 Å². The molecule has 0 spiro atoms. The number of carboxylic acids is 1. The van der Waals surface area contributed by atoms with E-state index in [0.717, 1.165) is 12.8 Å². The molecule has 1 saturated heterocycles. The molecule has 104 valence electrons. The molecule has 0 bridgehead atoms. The number of aliphatic carboxylic acids is 1. The van der Waals surface area contributed by atoms with Crippen molar-refractivity contribution in [2.75, 3.05) is 6.54 Å². The van der Waals surface area contributed by atoms with Crippen LogP contribution in [0.4, 0.5) is 4.79 Å². The van der Waals surface area contributed by atoms with Gasteiger partial charge in [-0.05, 0) is 19.8 Å². The quantitative estimate of drug-likeness (QED) is 0.701. The fourth-order valence-corrected chi connectivity index (χ4v) is 2.20. The zero-order valence-electron chi connectivity index (χ0n) is 10.5. The Labute approximate surface area is 109 Å². The van der Waals surface area contributed by atoms with Crippen molar-refractivity contribution in [3.8, 4) is 0 Å². The summed E-state index contributed by atoms with van der Waals surface area (Å²) in [6, 6.07) is -0.909. The van der Waals surface area contributed by atoms with Crippen LogP contribution in [0.15, 0.2) is 0 Å². The molecule has 3 N–H and O–H groups in total. The lowest BCUT2D eigenvalue weighted by Crippen LogP contribution is -2.44. The lowest BCUT2D eigenvalue weighted by Gasteiger charge is -2.25. The number of amides is 2. The van der Waals surface area contributed by atoms with Gasteiger partial charge in [0.2, 0.25) is 0 Å². The molecule has 0 saturated carbocycles. The van der Waals surface area contributed by atoms with Crippen molar-refractivity contribution >= 4 is 12.0 Å². The number of hydrogen-bond donors (Lipinski definition) is 3. The molecular formula is C10H16N6O3. The minimum Gasteiger partial charge on any atom is -0.481 e. The first-order valence-electron chi connectivity index (χ1n) is 6.10. The van der Waals surface area contributed by atoms with E-state index in [-0.39, 0.29) is 24.5 Å². The van der Waals surface area contributed by atoms with Crippen LogP contribution in [0.5, 0.6) is 0 Å². The maximum absolute atomic E-state index is 12.1.